The van der Waals surface area contributed by atoms with Gasteiger partial charge in [0.05, 0.1) is 12.5 Å². The average Bonchev–Trinajstić information content (AvgIpc) is 2.74. The van der Waals surface area contributed by atoms with Crippen LogP contribution < -0.4 is 11.1 Å². The maximum absolute atomic E-state index is 13.1. The lowest BCUT2D eigenvalue weighted by Gasteiger charge is -2.38. The Kier molecular flexibility index (Phi) is 6.82. The van der Waals surface area contributed by atoms with E-state index in [4.69, 9.17) is 5.73 Å². The minimum Gasteiger partial charge on any atom is -0.345 e. The number of likely N-dealkylation sites (tertiary alicyclic amines) is 1. The van der Waals surface area contributed by atoms with Gasteiger partial charge >= 0.3 is 0 Å². The number of hydrogen-bond acceptors (Lipinski definition) is 3. The van der Waals surface area contributed by atoms with E-state index < -0.39 is 0 Å². The first kappa shape index (κ1) is 20.1. The van der Waals surface area contributed by atoms with Crippen LogP contribution in [0.4, 0.5) is 0 Å². The van der Waals surface area contributed by atoms with Crippen molar-refractivity contribution >= 4 is 11.8 Å². The molecule has 3 N–H and O–H groups in total. The molecule has 0 spiro atoms. The second kappa shape index (κ2) is 9.51. The lowest BCUT2D eigenvalue weighted by Crippen LogP contribution is -2.52. The topological polar surface area (TPSA) is 75.4 Å². The van der Waals surface area contributed by atoms with Gasteiger partial charge in [0, 0.05) is 24.2 Å². The third-order valence-corrected chi connectivity index (χ3v) is 5.40. The van der Waals surface area contributed by atoms with Crippen LogP contribution in [-0.4, -0.2) is 35.3 Å². The molecule has 28 heavy (non-hydrogen) atoms. The molecule has 2 aromatic carbocycles. The molecule has 2 aromatic rings. The molecular weight excluding hydrogens is 350 g/mol. The summed E-state index contributed by atoms with van der Waals surface area (Å²) in [6.07, 6.45) is 3.27. The summed E-state index contributed by atoms with van der Waals surface area (Å²) < 4.78 is 0. The molecule has 1 heterocycles. The third kappa shape index (κ3) is 4.98. The maximum atomic E-state index is 13.1. The number of hydrogen-bond donors (Lipinski definition) is 2. The predicted molar refractivity (Wildman–Crippen MR) is 111 cm³/mol. The molecule has 0 saturated carbocycles. The highest BCUT2D eigenvalue weighted by molar-refractivity contribution is 5.94. The lowest BCUT2D eigenvalue weighted by molar-refractivity contribution is -0.135. The Morgan fingerprint density at radius 2 is 1.71 bits per heavy atom. The minimum absolute atomic E-state index is 0.0456. The molecule has 1 aliphatic heterocycles. The summed E-state index contributed by atoms with van der Waals surface area (Å²) in [7, 11) is 0. The molecule has 3 rings (SSSR count). The number of carbonyl (C=O) groups is 2. The van der Waals surface area contributed by atoms with Gasteiger partial charge < -0.3 is 16.0 Å². The number of amides is 2. The van der Waals surface area contributed by atoms with E-state index in [-0.39, 0.29) is 36.4 Å². The summed E-state index contributed by atoms with van der Waals surface area (Å²) in [5, 5.41) is 3.05. The molecular formula is C23H29N3O2. The Balaban J connectivity index is 1.77. The SMILES string of the molecule is CC(N)C1CCCCN1C(=O)CC(NC(=O)c1ccccc1)c1ccccc1. The van der Waals surface area contributed by atoms with Crippen molar-refractivity contribution in [1.82, 2.24) is 10.2 Å². The molecule has 148 valence electrons. The monoisotopic (exact) mass is 379 g/mol. The van der Waals surface area contributed by atoms with Crippen molar-refractivity contribution in [2.75, 3.05) is 6.54 Å². The van der Waals surface area contributed by atoms with Crippen molar-refractivity contribution in [2.24, 2.45) is 5.73 Å². The van der Waals surface area contributed by atoms with Gasteiger partial charge in [-0.1, -0.05) is 48.5 Å². The molecule has 3 unspecified atom stereocenters. The van der Waals surface area contributed by atoms with Crippen molar-refractivity contribution in [3.63, 3.8) is 0 Å². The number of benzene rings is 2. The van der Waals surface area contributed by atoms with Crippen LogP contribution >= 0.6 is 0 Å². The van der Waals surface area contributed by atoms with Gasteiger partial charge in [-0.15, -0.1) is 0 Å². The van der Waals surface area contributed by atoms with E-state index in [1.807, 2.05) is 60.4 Å². The van der Waals surface area contributed by atoms with Gasteiger partial charge in [-0.3, -0.25) is 9.59 Å². The van der Waals surface area contributed by atoms with Crippen LogP contribution in [0.1, 0.15) is 54.6 Å². The number of nitrogens with two attached hydrogens (primary N) is 1. The standard InChI is InChI=1S/C23H29N3O2/c1-17(24)21-14-8-9-15-26(21)22(27)16-20(18-10-4-2-5-11-18)25-23(28)19-12-6-3-7-13-19/h2-7,10-13,17,20-21H,8-9,14-16,24H2,1H3,(H,25,28). The molecule has 1 fully saturated rings. The first-order valence-corrected chi connectivity index (χ1v) is 10.0. The van der Waals surface area contributed by atoms with E-state index in [1.165, 1.54) is 0 Å². The summed E-state index contributed by atoms with van der Waals surface area (Å²) >= 11 is 0. The van der Waals surface area contributed by atoms with E-state index in [0.29, 0.717) is 5.56 Å². The number of piperidine rings is 1. The van der Waals surface area contributed by atoms with Gasteiger partial charge in [-0.2, -0.15) is 0 Å². The van der Waals surface area contributed by atoms with E-state index in [0.717, 1.165) is 31.4 Å². The maximum Gasteiger partial charge on any atom is 0.251 e. The van der Waals surface area contributed by atoms with Crippen molar-refractivity contribution in [3.8, 4) is 0 Å². The first-order valence-electron chi connectivity index (χ1n) is 10.0. The fourth-order valence-electron chi connectivity index (χ4n) is 3.87. The van der Waals surface area contributed by atoms with Gasteiger partial charge in [0.2, 0.25) is 5.91 Å². The summed E-state index contributed by atoms with van der Waals surface area (Å²) in [4.78, 5) is 27.8. The molecule has 0 aromatic heterocycles. The van der Waals surface area contributed by atoms with Gasteiger partial charge in [0.1, 0.15) is 0 Å². The summed E-state index contributed by atoms with van der Waals surface area (Å²) in [6.45, 7) is 2.70. The molecule has 5 heteroatoms. The zero-order chi connectivity index (χ0) is 19.9. The van der Waals surface area contributed by atoms with Crippen LogP contribution in [0.5, 0.6) is 0 Å². The van der Waals surface area contributed by atoms with Crippen LogP contribution in [0.3, 0.4) is 0 Å². The van der Waals surface area contributed by atoms with Crippen LogP contribution in [0.15, 0.2) is 60.7 Å². The Morgan fingerprint density at radius 1 is 1.07 bits per heavy atom. The third-order valence-electron chi connectivity index (χ3n) is 5.40. The Bertz CT molecular complexity index is 777. The van der Waals surface area contributed by atoms with Gasteiger partial charge in [-0.25, -0.2) is 0 Å². The molecule has 0 radical (unpaired) electrons. The van der Waals surface area contributed by atoms with E-state index in [2.05, 4.69) is 5.32 Å². The van der Waals surface area contributed by atoms with Crippen molar-refractivity contribution in [2.45, 2.75) is 50.7 Å². The average molecular weight is 380 g/mol. The lowest BCUT2D eigenvalue weighted by atomic mass is 9.95. The zero-order valence-corrected chi connectivity index (χ0v) is 16.4. The summed E-state index contributed by atoms with van der Waals surface area (Å²) in [6, 6.07) is 18.4. The second-order valence-corrected chi connectivity index (χ2v) is 7.52. The molecule has 2 amide bonds. The van der Waals surface area contributed by atoms with E-state index in [9.17, 15) is 9.59 Å². The molecule has 5 nitrogen and oxygen atoms in total. The quantitative estimate of drug-likeness (QED) is 0.809. The molecule has 1 saturated heterocycles. The molecule has 3 atom stereocenters. The van der Waals surface area contributed by atoms with Crippen LogP contribution in [0, 0.1) is 0 Å². The predicted octanol–water partition coefficient (Wildman–Crippen LogP) is 3.28. The number of nitrogens with one attached hydrogen (secondary N) is 1. The minimum atomic E-state index is -0.378. The highest BCUT2D eigenvalue weighted by Gasteiger charge is 2.31. The first-order chi connectivity index (χ1) is 13.6. The van der Waals surface area contributed by atoms with Crippen LogP contribution in [0.2, 0.25) is 0 Å². The summed E-state index contributed by atoms with van der Waals surface area (Å²) in [5.74, 6) is -0.131. The zero-order valence-electron chi connectivity index (χ0n) is 16.4. The molecule has 0 bridgehead atoms. The Labute approximate surface area is 166 Å². The number of carbonyl (C=O) groups excluding carboxylic acids is 2. The van der Waals surface area contributed by atoms with Crippen molar-refractivity contribution in [3.05, 3.63) is 71.8 Å². The van der Waals surface area contributed by atoms with Crippen LogP contribution in [-0.2, 0) is 4.79 Å². The summed E-state index contributed by atoms with van der Waals surface area (Å²) in [5.41, 5.74) is 7.64. The fraction of sp³-hybridized carbons (Fsp3) is 0.391. The molecule has 0 aliphatic carbocycles. The number of rotatable bonds is 6. The molecule has 1 aliphatic rings. The fourth-order valence-corrected chi connectivity index (χ4v) is 3.87. The highest BCUT2D eigenvalue weighted by atomic mass is 16.2. The largest absolute Gasteiger partial charge is 0.345 e. The smallest absolute Gasteiger partial charge is 0.251 e. The number of nitrogens with zero attached hydrogens (tertiary/aromatic N) is 1. The van der Waals surface area contributed by atoms with E-state index in [1.54, 1.807) is 12.1 Å². The highest BCUT2D eigenvalue weighted by Crippen LogP contribution is 2.24. The normalized spacial score (nSPS) is 18.9. The second-order valence-electron chi connectivity index (χ2n) is 7.52. The van der Waals surface area contributed by atoms with Crippen LogP contribution in [0.25, 0.3) is 0 Å². The van der Waals surface area contributed by atoms with Crippen molar-refractivity contribution in [1.29, 1.82) is 0 Å². The van der Waals surface area contributed by atoms with Crippen molar-refractivity contribution < 1.29 is 9.59 Å². The van der Waals surface area contributed by atoms with Gasteiger partial charge in [0.25, 0.3) is 5.91 Å². The van der Waals surface area contributed by atoms with E-state index >= 15 is 0 Å². The van der Waals surface area contributed by atoms with Gasteiger partial charge in [-0.05, 0) is 43.9 Å². The van der Waals surface area contributed by atoms with Gasteiger partial charge in [0.15, 0.2) is 0 Å². The Hall–Kier alpha value is -2.66. The Morgan fingerprint density at radius 3 is 2.36 bits per heavy atom.